The summed E-state index contributed by atoms with van der Waals surface area (Å²) in [6.45, 7) is 19.7. The van der Waals surface area contributed by atoms with Crippen molar-refractivity contribution in [1.29, 1.82) is 0 Å². The van der Waals surface area contributed by atoms with Crippen LogP contribution in [0.25, 0.3) is 0 Å². The van der Waals surface area contributed by atoms with Gasteiger partial charge >= 0.3 is 0 Å². The molecule has 0 unspecified atom stereocenters. The SMILES string of the molecule is CCN(CC)CCOc1ccc(NS(=O)(=O)c2ccc(CN3CCN(Cc4cccc(CN(Cc5ccccc5)S(=O)(=O)c5ccc(CNCCCCCN6CCOCC6)cc5)c4)CC3)cc2)cc1. The molecule has 2 saturated heterocycles. The monoisotopic (exact) mass is 980 g/mol. The summed E-state index contributed by atoms with van der Waals surface area (Å²) in [6, 6.07) is 39.6. The highest BCUT2D eigenvalue weighted by Crippen LogP contribution is 2.24. The lowest BCUT2D eigenvalue weighted by atomic mass is 10.1. The third kappa shape index (κ3) is 16.4. The van der Waals surface area contributed by atoms with Crippen molar-refractivity contribution in [1.82, 2.24) is 29.2 Å². The van der Waals surface area contributed by atoms with Crippen molar-refractivity contribution in [2.24, 2.45) is 0 Å². The van der Waals surface area contributed by atoms with Crippen molar-refractivity contribution in [2.75, 3.05) is 96.5 Å². The fraction of sp³-hybridized carbons (Fsp3) is 0.444. The van der Waals surface area contributed by atoms with Crippen molar-refractivity contribution < 1.29 is 26.3 Å². The van der Waals surface area contributed by atoms with Crippen LogP contribution in [0.1, 0.15) is 60.9 Å². The van der Waals surface area contributed by atoms with Crippen molar-refractivity contribution in [3.63, 3.8) is 0 Å². The predicted molar refractivity (Wildman–Crippen MR) is 276 cm³/mol. The molecule has 372 valence electrons. The minimum atomic E-state index is -3.81. The number of rotatable bonds is 27. The molecule has 7 rings (SSSR count). The van der Waals surface area contributed by atoms with Gasteiger partial charge in [-0.15, -0.1) is 0 Å². The van der Waals surface area contributed by atoms with Crippen LogP contribution >= 0.6 is 0 Å². The quantitative estimate of drug-likeness (QED) is 0.0508. The molecular formula is C54H73N7O6S2. The number of anilines is 1. The average molecular weight is 980 g/mol. The second-order valence-corrected chi connectivity index (χ2v) is 21.7. The summed E-state index contributed by atoms with van der Waals surface area (Å²) >= 11 is 0. The van der Waals surface area contributed by atoms with Crippen LogP contribution in [0, 0.1) is 0 Å². The molecule has 0 bridgehead atoms. The van der Waals surface area contributed by atoms with Crippen LogP contribution in [0.4, 0.5) is 5.69 Å². The van der Waals surface area contributed by atoms with Crippen LogP contribution in [0.2, 0.25) is 0 Å². The summed E-state index contributed by atoms with van der Waals surface area (Å²) in [7, 11) is -7.57. The molecule has 2 aliphatic heterocycles. The van der Waals surface area contributed by atoms with Gasteiger partial charge in [0.05, 0.1) is 23.0 Å². The second kappa shape index (κ2) is 26.5. The third-order valence-electron chi connectivity index (χ3n) is 13.1. The number of nitrogens with zero attached hydrogens (tertiary/aromatic N) is 5. The normalized spacial score (nSPS) is 15.5. The van der Waals surface area contributed by atoms with Gasteiger partial charge in [-0.2, -0.15) is 4.31 Å². The molecule has 2 N–H and O–H groups in total. The zero-order chi connectivity index (χ0) is 48.3. The summed E-state index contributed by atoms with van der Waals surface area (Å²) in [6.07, 6.45) is 3.49. The highest BCUT2D eigenvalue weighted by atomic mass is 32.2. The van der Waals surface area contributed by atoms with Gasteiger partial charge in [-0.3, -0.25) is 19.4 Å². The lowest BCUT2D eigenvalue weighted by molar-refractivity contribution is 0.0371. The summed E-state index contributed by atoms with van der Waals surface area (Å²) in [5, 5.41) is 3.53. The molecule has 2 aliphatic rings. The van der Waals surface area contributed by atoms with Gasteiger partial charge in [0, 0.05) is 84.2 Å². The van der Waals surface area contributed by atoms with Crippen LogP contribution in [0.3, 0.4) is 0 Å². The predicted octanol–water partition coefficient (Wildman–Crippen LogP) is 7.51. The molecule has 0 atom stereocenters. The van der Waals surface area contributed by atoms with Crippen molar-refractivity contribution in [3.05, 3.63) is 155 Å². The first-order valence-corrected chi connectivity index (χ1v) is 27.7. The van der Waals surface area contributed by atoms with E-state index < -0.39 is 20.0 Å². The highest BCUT2D eigenvalue weighted by molar-refractivity contribution is 7.92. The lowest BCUT2D eigenvalue weighted by Gasteiger charge is -2.34. The Bertz CT molecular complexity index is 2500. The van der Waals surface area contributed by atoms with E-state index in [1.54, 1.807) is 52.8 Å². The molecule has 15 heteroatoms. The molecular weight excluding hydrogens is 907 g/mol. The smallest absolute Gasteiger partial charge is 0.261 e. The van der Waals surface area contributed by atoms with E-state index in [9.17, 15) is 16.8 Å². The number of unbranched alkanes of at least 4 members (excludes halogenated alkanes) is 2. The molecule has 0 aromatic heterocycles. The van der Waals surface area contributed by atoms with Crippen molar-refractivity contribution in [2.45, 2.75) is 75.6 Å². The van der Waals surface area contributed by atoms with E-state index in [0.29, 0.717) is 29.5 Å². The molecule has 0 saturated carbocycles. The summed E-state index contributed by atoms with van der Waals surface area (Å²) in [4.78, 5) is 10.1. The molecule has 5 aromatic carbocycles. The Morgan fingerprint density at radius 3 is 1.88 bits per heavy atom. The number of piperazine rings is 1. The Morgan fingerprint density at radius 1 is 0.594 bits per heavy atom. The number of ether oxygens (including phenoxy) is 2. The van der Waals surface area contributed by atoms with E-state index in [-0.39, 0.29) is 18.0 Å². The molecule has 2 fully saturated rings. The van der Waals surface area contributed by atoms with E-state index in [2.05, 4.69) is 55.6 Å². The highest BCUT2D eigenvalue weighted by Gasteiger charge is 2.26. The maximum Gasteiger partial charge on any atom is 0.261 e. The van der Waals surface area contributed by atoms with Crippen molar-refractivity contribution in [3.8, 4) is 5.75 Å². The third-order valence-corrected chi connectivity index (χ3v) is 16.3. The number of hydrogen-bond acceptors (Lipinski definition) is 11. The number of sulfonamides is 2. The lowest BCUT2D eigenvalue weighted by Crippen LogP contribution is -2.45. The fourth-order valence-electron chi connectivity index (χ4n) is 8.85. The van der Waals surface area contributed by atoms with Gasteiger partial charge in [0.2, 0.25) is 10.0 Å². The van der Waals surface area contributed by atoms with Gasteiger partial charge in [0.15, 0.2) is 0 Å². The van der Waals surface area contributed by atoms with E-state index in [1.165, 1.54) is 12.8 Å². The van der Waals surface area contributed by atoms with E-state index in [1.807, 2.05) is 66.7 Å². The number of morpholine rings is 1. The number of likely N-dealkylation sites (N-methyl/N-ethyl adjacent to an activating group) is 1. The van der Waals surface area contributed by atoms with Gasteiger partial charge in [-0.1, -0.05) is 99.1 Å². The first kappa shape index (κ1) is 52.2. The van der Waals surface area contributed by atoms with E-state index in [0.717, 1.165) is 133 Å². The molecule has 2 heterocycles. The van der Waals surface area contributed by atoms with Crippen molar-refractivity contribution >= 4 is 25.7 Å². The maximum absolute atomic E-state index is 14.3. The van der Waals surface area contributed by atoms with Crippen LogP contribution in [-0.2, 0) is 57.5 Å². The largest absolute Gasteiger partial charge is 0.492 e. The summed E-state index contributed by atoms with van der Waals surface area (Å²) in [5.41, 5.74) is 5.63. The molecule has 69 heavy (non-hydrogen) atoms. The number of benzene rings is 5. The molecule has 0 radical (unpaired) electrons. The van der Waals surface area contributed by atoms with Crippen LogP contribution < -0.4 is 14.8 Å². The molecule has 0 amide bonds. The van der Waals surface area contributed by atoms with E-state index >= 15 is 0 Å². The Hall–Kier alpha value is -4.68. The number of hydrogen-bond donors (Lipinski definition) is 2. The van der Waals surface area contributed by atoms with Gasteiger partial charge < -0.3 is 19.7 Å². The van der Waals surface area contributed by atoms with Crippen LogP contribution in [0.5, 0.6) is 5.75 Å². The first-order chi connectivity index (χ1) is 33.6. The Labute approximate surface area is 412 Å². The molecule has 0 spiro atoms. The second-order valence-electron chi connectivity index (χ2n) is 18.1. The Morgan fingerprint density at radius 2 is 1.20 bits per heavy atom. The van der Waals surface area contributed by atoms with Gasteiger partial charge in [-0.05, 0) is 115 Å². The van der Waals surface area contributed by atoms with Crippen LogP contribution in [0.15, 0.2) is 137 Å². The minimum absolute atomic E-state index is 0.216. The van der Waals surface area contributed by atoms with E-state index in [4.69, 9.17) is 9.47 Å². The summed E-state index contributed by atoms with van der Waals surface area (Å²) in [5.74, 6) is 0.703. The van der Waals surface area contributed by atoms with Gasteiger partial charge in [0.1, 0.15) is 12.4 Å². The van der Waals surface area contributed by atoms with Crippen LogP contribution in [-0.4, -0.2) is 133 Å². The van der Waals surface area contributed by atoms with Gasteiger partial charge in [-0.25, -0.2) is 16.8 Å². The van der Waals surface area contributed by atoms with Gasteiger partial charge in [0.25, 0.3) is 10.0 Å². The number of nitrogens with one attached hydrogen (secondary N) is 2. The topological polar surface area (TPSA) is 127 Å². The average Bonchev–Trinajstić information content (AvgIpc) is 3.37. The Kier molecular flexibility index (Phi) is 20.0. The summed E-state index contributed by atoms with van der Waals surface area (Å²) < 4.78 is 70.7. The molecule has 13 nitrogen and oxygen atoms in total. The Balaban J connectivity index is 0.867. The zero-order valence-corrected chi connectivity index (χ0v) is 42.3. The fourth-order valence-corrected chi connectivity index (χ4v) is 11.3. The minimum Gasteiger partial charge on any atom is -0.492 e. The zero-order valence-electron chi connectivity index (χ0n) is 40.7. The maximum atomic E-state index is 14.3. The molecule has 0 aliphatic carbocycles. The molecule has 5 aromatic rings. The standard InChI is InChI=1S/C54H73N7O6S2/c1-3-57(4-2)36-39-67-52-22-20-51(21-23-52)56-68(62,63)53-24-18-48(19-25-53)42-59-30-32-60(33-31-59)43-49-14-11-15-50(40-49)45-61(44-47-12-7-5-8-13-47)69(64,65)54-26-16-46(17-27-54)41-55-28-9-6-10-29-58-34-37-66-38-35-58/h5,7-8,11-27,40,55-56H,3-4,6,9-10,28-39,41-45H2,1-2H3. The first-order valence-electron chi connectivity index (χ1n) is 24.8.